The van der Waals surface area contributed by atoms with Crippen molar-refractivity contribution in [2.24, 2.45) is 0 Å². The molecule has 3 heterocycles. The van der Waals surface area contributed by atoms with Crippen LogP contribution in [0.15, 0.2) is 46.3 Å². The van der Waals surface area contributed by atoms with E-state index >= 15 is 0 Å². The molecule has 4 aromatic rings. The molecule has 148 valence electrons. The van der Waals surface area contributed by atoms with Crippen molar-refractivity contribution in [1.82, 2.24) is 15.1 Å². The second-order valence-corrected chi connectivity index (χ2v) is 8.47. The molecule has 4 rings (SSSR count). The third-order valence-corrected chi connectivity index (χ3v) is 5.92. The zero-order chi connectivity index (χ0) is 20.2. The van der Waals surface area contributed by atoms with E-state index in [0.717, 1.165) is 21.0 Å². The van der Waals surface area contributed by atoms with Crippen molar-refractivity contribution < 1.29 is 13.7 Å². The minimum absolute atomic E-state index is 0.123. The highest BCUT2D eigenvalue weighted by Gasteiger charge is 2.13. The summed E-state index contributed by atoms with van der Waals surface area (Å²) < 4.78 is 18.3. The number of aromatic nitrogens is 3. The summed E-state index contributed by atoms with van der Waals surface area (Å²) in [6, 6.07) is 10.0. The Morgan fingerprint density at radius 1 is 1.21 bits per heavy atom. The van der Waals surface area contributed by atoms with Crippen molar-refractivity contribution in [3.05, 3.63) is 58.4 Å². The van der Waals surface area contributed by atoms with E-state index in [1.54, 1.807) is 23.5 Å². The Morgan fingerprint density at radius 2 is 2.03 bits per heavy atom. The Morgan fingerprint density at radius 3 is 2.79 bits per heavy atom. The van der Waals surface area contributed by atoms with E-state index < -0.39 is 0 Å². The van der Waals surface area contributed by atoms with Crippen molar-refractivity contribution in [3.63, 3.8) is 0 Å². The predicted molar refractivity (Wildman–Crippen MR) is 111 cm³/mol. The van der Waals surface area contributed by atoms with Crippen LogP contribution in [0, 0.1) is 12.7 Å². The summed E-state index contributed by atoms with van der Waals surface area (Å²) in [5.74, 6) is 0.678. The Balaban J connectivity index is 1.30. The predicted octanol–water partition coefficient (Wildman–Crippen LogP) is 5.33. The third-order valence-electron chi connectivity index (χ3n) is 4.16. The lowest BCUT2D eigenvalue weighted by Gasteiger charge is -2.00. The first-order chi connectivity index (χ1) is 14.1. The molecule has 0 aliphatic heterocycles. The molecule has 1 amide bonds. The summed E-state index contributed by atoms with van der Waals surface area (Å²) >= 11 is 2.94. The average molecular weight is 429 g/mol. The number of thiophene rings is 1. The molecule has 0 fully saturated rings. The number of carbonyl (C=O) groups excluding carboxylic acids is 1. The molecule has 3 aromatic heterocycles. The number of hydrogen-bond donors (Lipinski definition) is 1. The Bertz CT molecular complexity index is 1100. The largest absolute Gasteiger partial charge is 0.339 e. The molecule has 0 atom stereocenters. The highest BCUT2D eigenvalue weighted by atomic mass is 32.1. The van der Waals surface area contributed by atoms with Gasteiger partial charge in [0.15, 0.2) is 5.13 Å². The van der Waals surface area contributed by atoms with Gasteiger partial charge in [-0.25, -0.2) is 9.37 Å². The van der Waals surface area contributed by atoms with E-state index in [9.17, 15) is 9.18 Å². The second kappa shape index (κ2) is 8.62. The van der Waals surface area contributed by atoms with Gasteiger partial charge in [0.05, 0.1) is 10.6 Å². The van der Waals surface area contributed by atoms with Crippen LogP contribution < -0.4 is 5.32 Å². The topological polar surface area (TPSA) is 80.9 Å². The van der Waals surface area contributed by atoms with Gasteiger partial charge in [-0.3, -0.25) is 4.79 Å². The van der Waals surface area contributed by atoms with Crippen LogP contribution in [0.3, 0.4) is 0 Å². The van der Waals surface area contributed by atoms with Crippen LogP contribution in [0.5, 0.6) is 0 Å². The van der Waals surface area contributed by atoms with Crippen LogP contribution >= 0.6 is 22.7 Å². The van der Waals surface area contributed by atoms with Crippen molar-refractivity contribution in [1.29, 1.82) is 0 Å². The Kier molecular flexibility index (Phi) is 5.77. The molecule has 9 heteroatoms. The summed E-state index contributed by atoms with van der Waals surface area (Å²) in [5, 5.41) is 9.28. The van der Waals surface area contributed by atoms with Crippen LogP contribution in [0.4, 0.5) is 9.52 Å². The van der Waals surface area contributed by atoms with E-state index in [4.69, 9.17) is 4.52 Å². The SMILES string of the molecule is Cc1sc(NC(=O)CCCc2nc(-c3cccs3)no2)nc1-c1ccc(F)cc1. The van der Waals surface area contributed by atoms with Gasteiger partial charge in [0.2, 0.25) is 17.6 Å². The average Bonchev–Trinajstić information content (AvgIpc) is 3.43. The third kappa shape index (κ3) is 4.75. The Hall–Kier alpha value is -2.91. The van der Waals surface area contributed by atoms with Gasteiger partial charge in [-0.1, -0.05) is 11.2 Å². The maximum absolute atomic E-state index is 13.1. The van der Waals surface area contributed by atoms with Crippen LogP contribution in [-0.4, -0.2) is 21.0 Å². The number of nitrogens with one attached hydrogen (secondary N) is 1. The lowest BCUT2D eigenvalue weighted by Crippen LogP contribution is -2.11. The first-order valence-corrected chi connectivity index (χ1v) is 10.7. The van der Waals surface area contributed by atoms with Crippen LogP contribution in [-0.2, 0) is 11.2 Å². The van der Waals surface area contributed by atoms with Crippen LogP contribution in [0.2, 0.25) is 0 Å². The van der Waals surface area contributed by atoms with Crippen molar-refractivity contribution in [2.45, 2.75) is 26.2 Å². The summed E-state index contributed by atoms with van der Waals surface area (Å²) in [6.07, 6.45) is 1.44. The lowest BCUT2D eigenvalue weighted by molar-refractivity contribution is -0.116. The van der Waals surface area contributed by atoms with Gasteiger partial charge in [-0.15, -0.1) is 22.7 Å². The molecule has 0 saturated carbocycles. The second-order valence-electron chi connectivity index (χ2n) is 6.32. The molecule has 0 radical (unpaired) electrons. The summed E-state index contributed by atoms with van der Waals surface area (Å²) in [4.78, 5) is 23.0. The monoisotopic (exact) mass is 428 g/mol. The number of benzene rings is 1. The van der Waals surface area contributed by atoms with E-state index in [-0.39, 0.29) is 11.7 Å². The van der Waals surface area contributed by atoms with Crippen molar-refractivity contribution in [2.75, 3.05) is 5.32 Å². The van der Waals surface area contributed by atoms with Gasteiger partial charge < -0.3 is 9.84 Å². The van der Waals surface area contributed by atoms with Crippen LogP contribution in [0.25, 0.3) is 22.0 Å². The highest BCUT2D eigenvalue weighted by molar-refractivity contribution is 7.16. The van der Waals surface area contributed by atoms with Gasteiger partial charge in [0, 0.05) is 23.3 Å². The normalized spacial score (nSPS) is 11.0. The van der Waals surface area contributed by atoms with Crippen LogP contribution in [0.1, 0.15) is 23.6 Å². The fourth-order valence-electron chi connectivity index (χ4n) is 2.77. The van der Waals surface area contributed by atoms with Crippen molar-refractivity contribution >= 4 is 33.7 Å². The fourth-order valence-corrected chi connectivity index (χ4v) is 4.27. The molecular formula is C20H17FN4O2S2. The number of aryl methyl sites for hydroxylation is 2. The van der Waals surface area contributed by atoms with Gasteiger partial charge in [0.25, 0.3) is 0 Å². The molecule has 1 N–H and O–H groups in total. The maximum Gasteiger partial charge on any atom is 0.226 e. The van der Waals surface area contributed by atoms with E-state index in [1.807, 2.05) is 24.4 Å². The standard InChI is InChI=1S/C20H17FN4O2S2/c1-12-18(13-7-9-14(21)10-8-13)24-20(29-12)22-16(26)5-2-6-17-23-19(25-27-17)15-4-3-11-28-15/h3-4,7-11H,2,5-6H2,1H3,(H,22,24,26). The first-order valence-electron chi connectivity index (χ1n) is 8.98. The number of hydrogen-bond acceptors (Lipinski definition) is 7. The lowest BCUT2D eigenvalue weighted by atomic mass is 10.1. The molecule has 0 unspecified atom stereocenters. The van der Waals surface area contributed by atoms with Gasteiger partial charge >= 0.3 is 0 Å². The molecule has 0 aliphatic carbocycles. The number of thiazole rings is 1. The molecule has 0 aliphatic rings. The molecule has 0 saturated heterocycles. The number of nitrogens with zero attached hydrogens (tertiary/aromatic N) is 3. The number of amides is 1. The minimum atomic E-state index is -0.293. The molecule has 29 heavy (non-hydrogen) atoms. The summed E-state index contributed by atoms with van der Waals surface area (Å²) in [7, 11) is 0. The highest BCUT2D eigenvalue weighted by Crippen LogP contribution is 2.30. The quantitative estimate of drug-likeness (QED) is 0.430. The molecule has 0 bridgehead atoms. The summed E-state index contributed by atoms with van der Waals surface area (Å²) in [6.45, 7) is 1.92. The Labute approximate surface area is 174 Å². The number of rotatable bonds is 7. The number of anilines is 1. The number of carbonyl (C=O) groups is 1. The molecule has 0 spiro atoms. The van der Waals surface area contributed by atoms with Gasteiger partial charge in [0.1, 0.15) is 5.82 Å². The fraction of sp³-hybridized carbons (Fsp3) is 0.200. The molecular weight excluding hydrogens is 411 g/mol. The molecule has 1 aromatic carbocycles. The minimum Gasteiger partial charge on any atom is -0.339 e. The molecule has 6 nitrogen and oxygen atoms in total. The van der Waals surface area contributed by atoms with Crippen molar-refractivity contribution in [3.8, 4) is 22.0 Å². The zero-order valence-corrected chi connectivity index (χ0v) is 17.1. The first kappa shape index (κ1) is 19.4. The smallest absolute Gasteiger partial charge is 0.226 e. The van der Waals surface area contributed by atoms with Gasteiger partial charge in [-0.05, 0) is 49.1 Å². The van der Waals surface area contributed by atoms with E-state index in [0.29, 0.717) is 36.1 Å². The number of halogens is 1. The van der Waals surface area contributed by atoms with E-state index in [1.165, 1.54) is 23.5 Å². The van der Waals surface area contributed by atoms with Gasteiger partial charge in [-0.2, -0.15) is 4.98 Å². The van der Waals surface area contributed by atoms with E-state index in [2.05, 4.69) is 20.4 Å². The summed E-state index contributed by atoms with van der Waals surface area (Å²) in [5.41, 5.74) is 1.57. The maximum atomic E-state index is 13.1. The zero-order valence-electron chi connectivity index (χ0n) is 15.5.